The largest absolute Gasteiger partial charge is 0.453 e. The smallest absolute Gasteiger partial charge is 0.410 e. The maximum Gasteiger partial charge on any atom is 0.410 e. The van der Waals surface area contributed by atoms with Gasteiger partial charge in [-0.25, -0.2) is 19.2 Å². The molecule has 3 heterocycles. The maximum absolute atomic E-state index is 13.2. The molecule has 1 N–H and O–H groups in total. The van der Waals surface area contributed by atoms with Gasteiger partial charge in [0, 0.05) is 37.3 Å². The average Bonchev–Trinajstić information content (AvgIpc) is 3.41. The standard InChI is InChI=1S/C23H34FN5O3/c1-15-8-19(27-14-28-6-3-7-28)20(29(15)22(30)31-2)13-32-18-4-5-23(10-16(23)9-18)21-25-11-17(24)12-26-21/h11-12,15-16,18-20,27H,3-10,13-14H2,1-2H3/t15-,16+,18-,19+,20+,23+/m1/s1. The van der Waals surface area contributed by atoms with Crippen LogP contribution in [0.3, 0.4) is 0 Å². The van der Waals surface area contributed by atoms with Gasteiger partial charge in [-0.2, -0.15) is 0 Å². The van der Waals surface area contributed by atoms with Gasteiger partial charge in [0.2, 0.25) is 0 Å². The molecule has 0 aromatic carbocycles. The van der Waals surface area contributed by atoms with Crippen molar-refractivity contribution in [1.29, 1.82) is 0 Å². The Balaban J connectivity index is 1.18. The second kappa shape index (κ2) is 8.83. The summed E-state index contributed by atoms with van der Waals surface area (Å²) in [6.45, 7) is 5.72. The van der Waals surface area contributed by atoms with Crippen molar-refractivity contribution in [3.63, 3.8) is 0 Å². The van der Waals surface area contributed by atoms with Crippen LogP contribution in [0.25, 0.3) is 0 Å². The van der Waals surface area contributed by atoms with Crippen LogP contribution < -0.4 is 5.32 Å². The van der Waals surface area contributed by atoms with Gasteiger partial charge < -0.3 is 9.47 Å². The van der Waals surface area contributed by atoms with Gasteiger partial charge in [-0.1, -0.05) is 0 Å². The fourth-order valence-corrected chi connectivity index (χ4v) is 5.97. The van der Waals surface area contributed by atoms with Crippen molar-refractivity contribution in [2.45, 2.75) is 75.1 Å². The lowest BCUT2D eigenvalue weighted by molar-refractivity contribution is -0.0123. The number of nitrogens with one attached hydrogen (secondary N) is 1. The first-order valence-electron chi connectivity index (χ1n) is 11.9. The number of nitrogens with zero attached hydrogens (tertiary/aromatic N) is 4. The normalized spacial score (nSPS) is 36.5. The SMILES string of the molecule is COC(=O)N1[C@H](C)C[C@H](NCN2CCC2)[C@@H]1CO[C@@H]1CC[C@]2(c3ncc(F)cn3)C[C@@H]2C1. The van der Waals surface area contributed by atoms with Crippen molar-refractivity contribution in [1.82, 2.24) is 25.1 Å². The summed E-state index contributed by atoms with van der Waals surface area (Å²) in [4.78, 5) is 25.2. The molecule has 5 rings (SSSR count). The van der Waals surface area contributed by atoms with Crippen molar-refractivity contribution in [3.8, 4) is 0 Å². The molecule has 176 valence electrons. The van der Waals surface area contributed by atoms with Crippen molar-refractivity contribution < 1.29 is 18.7 Å². The summed E-state index contributed by atoms with van der Waals surface area (Å²) in [7, 11) is 1.44. The average molecular weight is 448 g/mol. The number of amides is 1. The van der Waals surface area contributed by atoms with E-state index < -0.39 is 5.82 Å². The number of rotatable bonds is 7. The molecule has 2 aliphatic heterocycles. The van der Waals surface area contributed by atoms with Gasteiger partial charge in [0.05, 0.1) is 38.3 Å². The summed E-state index contributed by atoms with van der Waals surface area (Å²) in [5, 5.41) is 3.66. The van der Waals surface area contributed by atoms with Crippen LogP contribution in [0.4, 0.5) is 9.18 Å². The first-order valence-corrected chi connectivity index (χ1v) is 11.9. The number of hydrogen-bond donors (Lipinski definition) is 1. The van der Waals surface area contributed by atoms with E-state index in [9.17, 15) is 9.18 Å². The topological polar surface area (TPSA) is 79.8 Å². The van der Waals surface area contributed by atoms with Crippen molar-refractivity contribution in [2.24, 2.45) is 5.92 Å². The summed E-state index contributed by atoms with van der Waals surface area (Å²) < 4.78 is 24.7. The zero-order valence-corrected chi connectivity index (χ0v) is 19.0. The third kappa shape index (κ3) is 4.10. The first kappa shape index (κ1) is 22.0. The predicted octanol–water partition coefficient (Wildman–Crippen LogP) is 2.29. The van der Waals surface area contributed by atoms with Crippen LogP contribution in [0.2, 0.25) is 0 Å². The van der Waals surface area contributed by atoms with Crippen LogP contribution in [-0.4, -0.2) is 83.6 Å². The Bertz CT molecular complexity index is 822. The summed E-state index contributed by atoms with van der Waals surface area (Å²) in [6.07, 6.45) is 8.50. The number of carbonyl (C=O) groups is 1. The van der Waals surface area contributed by atoms with E-state index in [1.54, 1.807) is 0 Å². The zero-order chi connectivity index (χ0) is 22.3. The van der Waals surface area contributed by atoms with E-state index in [0.29, 0.717) is 12.5 Å². The molecule has 9 heteroatoms. The molecule has 0 spiro atoms. The van der Waals surface area contributed by atoms with Crippen LogP contribution in [0.1, 0.15) is 51.3 Å². The van der Waals surface area contributed by atoms with Gasteiger partial charge in [-0.05, 0) is 51.4 Å². The molecule has 2 saturated heterocycles. The number of aromatic nitrogens is 2. The number of hydrogen-bond acceptors (Lipinski definition) is 7. The molecule has 4 fully saturated rings. The third-order valence-corrected chi connectivity index (χ3v) is 8.06. The first-order chi connectivity index (χ1) is 15.5. The van der Waals surface area contributed by atoms with Crippen LogP contribution in [0.15, 0.2) is 12.4 Å². The van der Waals surface area contributed by atoms with Crippen LogP contribution in [0.5, 0.6) is 0 Å². The second-order valence-electron chi connectivity index (χ2n) is 9.98. The van der Waals surface area contributed by atoms with Crippen LogP contribution in [0, 0.1) is 11.7 Å². The highest BCUT2D eigenvalue weighted by Crippen LogP contribution is 2.61. The lowest BCUT2D eigenvalue weighted by Gasteiger charge is -2.35. The molecule has 0 radical (unpaired) electrons. The molecular weight excluding hydrogens is 413 g/mol. The molecule has 1 aromatic heterocycles. The number of methoxy groups -OCH3 is 1. The number of fused-ring (bicyclic) bond motifs is 1. The Labute approximate surface area is 188 Å². The third-order valence-electron chi connectivity index (χ3n) is 8.06. The maximum atomic E-state index is 13.2. The van der Waals surface area contributed by atoms with E-state index in [4.69, 9.17) is 9.47 Å². The fraction of sp³-hybridized carbons (Fsp3) is 0.783. The van der Waals surface area contributed by atoms with Gasteiger partial charge in [0.1, 0.15) is 5.82 Å². The number of halogens is 1. The van der Waals surface area contributed by atoms with E-state index in [-0.39, 0.29) is 35.7 Å². The molecule has 0 unspecified atom stereocenters. The minimum Gasteiger partial charge on any atom is -0.453 e. The minimum atomic E-state index is -0.391. The lowest BCUT2D eigenvalue weighted by atomic mass is 9.86. The molecule has 2 aliphatic carbocycles. The van der Waals surface area contributed by atoms with Crippen LogP contribution >= 0.6 is 0 Å². The Morgan fingerprint density at radius 2 is 2.09 bits per heavy atom. The molecule has 6 atom stereocenters. The van der Waals surface area contributed by atoms with Crippen molar-refractivity contribution >= 4 is 6.09 Å². The highest BCUT2D eigenvalue weighted by molar-refractivity contribution is 5.69. The van der Waals surface area contributed by atoms with Gasteiger partial charge in [-0.3, -0.25) is 15.1 Å². The Morgan fingerprint density at radius 3 is 2.75 bits per heavy atom. The van der Waals surface area contributed by atoms with Gasteiger partial charge >= 0.3 is 6.09 Å². The molecule has 32 heavy (non-hydrogen) atoms. The molecular formula is C23H34FN5O3. The molecule has 4 aliphatic rings. The summed E-state index contributed by atoms with van der Waals surface area (Å²) in [6, 6.07) is 0.272. The van der Waals surface area contributed by atoms with E-state index >= 15 is 0 Å². The Morgan fingerprint density at radius 1 is 1.31 bits per heavy atom. The summed E-state index contributed by atoms with van der Waals surface area (Å²) in [5.74, 6) is 0.878. The van der Waals surface area contributed by atoms with Gasteiger partial charge in [0.25, 0.3) is 0 Å². The highest BCUT2D eigenvalue weighted by atomic mass is 19.1. The number of carbonyl (C=O) groups excluding carboxylic acids is 1. The monoisotopic (exact) mass is 447 g/mol. The van der Waals surface area contributed by atoms with E-state index in [0.717, 1.165) is 57.7 Å². The highest BCUT2D eigenvalue weighted by Gasteiger charge is 2.60. The minimum absolute atomic E-state index is 0.00873. The van der Waals surface area contributed by atoms with Crippen LogP contribution in [-0.2, 0) is 14.9 Å². The molecule has 8 nitrogen and oxygen atoms in total. The van der Waals surface area contributed by atoms with E-state index in [1.165, 1.54) is 25.9 Å². The van der Waals surface area contributed by atoms with Crippen molar-refractivity contribution in [3.05, 3.63) is 24.0 Å². The lowest BCUT2D eigenvalue weighted by Crippen LogP contribution is -2.52. The van der Waals surface area contributed by atoms with E-state index in [1.807, 2.05) is 4.90 Å². The molecule has 1 amide bonds. The van der Waals surface area contributed by atoms with Gasteiger partial charge in [-0.15, -0.1) is 0 Å². The van der Waals surface area contributed by atoms with Gasteiger partial charge in [0.15, 0.2) is 5.82 Å². The number of likely N-dealkylation sites (tertiary alicyclic amines) is 2. The van der Waals surface area contributed by atoms with Crippen molar-refractivity contribution in [2.75, 3.05) is 33.5 Å². The van der Waals surface area contributed by atoms with E-state index in [2.05, 4.69) is 27.1 Å². The summed E-state index contributed by atoms with van der Waals surface area (Å²) >= 11 is 0. The second-order valence-corrected chi connectivity index (χ2v) is 9.98. The molecule has 2 saturated carbocycles. The quantitative estimate of drug-likeness (QED) is 0.687. The molecule has 1 aromatic rings. The summed E-state index contributed by atoms with van der Waals surface area (Å²) in [5.41, 5.74) is 0.00873. The number of ether oxygens (including phenoxy) is 2. The molecule has 0 bridgehead atoms. The fourth-order valence-electron chi connectivity index (χ4n) is 5.97. The zero-order valence-electron chi connectivity index (χ0n) is 19.0. The Kier molecular flexibility index (Phi) is 6.07. The predicted molar refractivity (Wildman–Crippen MR) is 115 cm³/mol. The Hall–Kier alpha value is -1.84.